The smallest absolute Gasteiger partial charge is 0.133 e. The van der Waals surface area contributed by atoms with Crippen molar-refractivity contribution >= 4 is 11.4 Å². The van der Waals surface area contributed by atoms with Crippen LogP contribution in [0.25, 0.3) is 5.57 Å². The number of phenolic OH excluding ortho intramolecular Hbond substituents is 1. The van der Waals surface area contributed by atoms with Gasteiger partial charge in [-0.3, -0.25) is 0 Å². The van der Waals surface area contributed by atoms with E-state index in [0.717, 1.165) is 23.3 Å². The zero-order valence-corrected chi connectivity index (χ0v) is 13.1. The van der Waals surface area contributed by atoms with E-state index >= 15 is 0 Å². The number of carbonyl (C=O) groups is 1. The second kappa shape index (κ2) is 6.84. The molecule has 2 heterocycles. The molecule has 23 heavy (non-hydrogen) atoms. The van der Waals surface area contributed by atoms with E-state index in [-0.39, 0.29) is 23.6 Å². The van der Waals surface area contributed by atoms with Gasteiger partial charge in [0, 0.05) is 12.3 Å². The maximum atomic E-state index is 11.8. The molecule has 4 nitrogen and oxygen atoms in total. The lowest BCUT2D eigenvalue weighted by Crippen LogP contribution is -2.19. The minimum Gasteiger partial charge on any atom is -0.508 e. The second-order valence-corrected chi connectivity index (χ2v) is 5.81. The van der Waals surface area contributed by atoms with Crippen molar-refractivity contribution in [2.24, 2.45) is 5.92 Å². The van der Waals surface area contributed by atoms with Crippen LogP contribution in [0.5, 0.6) is 5.75 Å². The van der Waals surface area contributed by atoms with E-state index < -0.39 is 0 Å². The molecule has 1 aromatic carbocycles. The van der Waals surface area contributed by atoms with Crippen LogP contribution in [0.2, 0.25) is 0 Å². The van der Waals surface area contributed by atoms with Gasteiger partial charge in [-0.05, 0) is 48.7 Å². The summed E-state index contributed by atoms with van der Waals surface area (Å²) in [5.74, 6) is 0.972. The molecule has 4 heteroatoms. The zero-order valence-electron chi connectivity index (χ0n) is 13.1. The number of ketones is 1. The summed E-state index contributed by atoms with van der Waals surface area (Å²) in [4.78, 5) is 11.8. The van der Waals surface area contributed by atoms with Crippen LogP contribution < -0.4 is 0 Å². The van der Waals surface area contributed by atoms with Gasteiger partial charge in [-0.15, -0.1) is 0 Å². The number of hydrogen-bond donors (Lipinski definition) is 1. The summed E-state index contributed by atoms with van der Waals surface area (Å²) in [6.45, 7) is 2.18. The van der Waals surface area contributed by atoms with E-state index in [1.807, 2.05) is 24.3 Å². The molecule has 120 valence electrons. The lowest BCUT2D eigenvalue weighted by molar-refractivity contribution is -0.118. The SMILES string of the molecule is CC(=O)CC1C(c2ccc(O)cc2)=CCCOC1c1ccco1. The molecule has 2 atom stereocenters. The average molecular weight is 312 g/mol. The predicted octanol–water partition coefficient (Wildman–Crippen LogP) is 4.13. The topological polar surface area (TPSA) is 59.7 Å². The van der Waals surface area contributed by atoms with Gasteiger partial charge in [0.2, 0.25) is 0 Å². The number of rotatable bonds is 4. The molecule has 0 radical (unpaired) electrons. The number of Topliss-reactive ketones (excluding diaryl/α,β-unsaturated/α-hetero) is 1. The van der Waals surface area contributed by atoms with Gasteiger partial charge in [-0.2, -0.15) is 0 Å². The largest absolute Gasteiger partial charge is 0.508 e. The summed E-state index contributed by atoms with van der Waals surface area (Å²) >= 11 is 0. The Kier molecular flexibility index (Phi) is 4.63. The highest BCUT2D eigenvalue weighted by Gasteiger charge is 2.32. The van der Waals surface area contributed by atoms with Crippen LogP contribution in [-0.4, -0.2) is 17.5 Å². The minimum absolute atomic E-state index is 0.106. The summed E-state index contributed by atoms with van der Waals surface area (Å²) in [5, 5.41) is 9.51. The van der Waals surface area contributed by atoms with Crippen LogP contribution in [0.3, 0.4) is 0 Å². The highest BCUT2D eigenvalue weighted by molar-refractivity contribution is 5.80. The molecule has 0 saturated heterocycles. The summed E-state index contributed by atoms with van der Waals surface area (Å²) in [6, 6.07) is 10.8. The first-order valence-corrected chi connectivity index (χ1v) is 7.79. The van der Waals surface area contributed by atoms with E-state index in [1.165, 1.54) is 0 Å². The van der Waals surface area contributed by atoms with Gasteiger partial charge in [0.15, 0.2) is 0 Å². The molecule has 3 rings (SSSR count). The summed E-state index contributed by atoms with van der Waals surface area (Å²) < 4.78 is 11.5. The molecule has 2 unspecified atom stereocenters. The lowest BCUT2D eigenvalue weighted by atomic mass is 9.83. The third-order valence-corrected chi connectivity index (χ3v) is 4.08. The molecule has 0 aliphatic carbocycles. The molecule has 0 fully saturated rings. The van der Waals surface area contributed by atoms with E-state index in [0.29, 0.717) is 13.0 Å². The standard InChI is InChI=1S/C19H20O4/c1-13(20)12-17-16(14-6-8-15(21)9-7-14)4-2-11-23-19(17)18-5-3-10-22-18/h3-10,17,19,21H,2,11-12H2,1H3. The first kappa shape index (κ1) is 15.6. The third-order valence-electron chi connectivity index (χ3n) is 4.08. The highest BCUT2D eigenvalue weighted by Crippen LogP contribution is 2.41. The highest BCUT2D eigenvalue weighted by atomic mass is 16.5. The third kappa shape index (κ3) is 3.54. The Balaban J connectivity index is 2.01. The van der Waals surface area contributed by atoms with Crippen molar-refractivity contribution in [3.05, 3.63) is 60.1 Å². The van der Waals surface area contributed by atoms with Gasteiger partial charge >= 0.3 is 0 Å². The van der Waals surface area contributed by atoms with Gasteiger partial charge < -0.3 is 19.1 Å². The van der Waals surface area contributed by atoms with Crippen molar-refractivity contribution in [2.45, 2.75) is 25.9 Å². The Labute approximate surface area is 135 Å². The van der Waals surface area contributed by atoms with Crippen LogP contribution in [-0.2, 0) is 9.53 Å². The molecule has 2 aromatic rings. The van der Waals surface area contributed by atoms with Crippen molar-refractivity contribution in [1.82, 2.24) is 0 Å². The first-order valence-electron chi connectivity index (χ1n) is 7.79. The second-order valence-electron chi connectivity index (χ2n) is 5.81. The van der Waals surface area contributed by atoms with Gasteiger partial charge in [-0.1, -0.05) is 18.2 Å². The number of aromatic hydroxyl groups is 1. The van der Waals surface area contributed by atoms with E-state index in [1.54, 1.807) is 25.3 Å². The number of furan rings is 1. The first-order chi connectivity index (χ1) is 11.1. The summed E-state index contributed by atoms with van der Waals surface area (Å²) in [6.07, 6.45) is 4.64. The summed E-state index contributed by atoms with van der Waals surface area (Å²) in [7, 11) is 0. The predicted molar refractivity (Wildman–Crippen MR) is 86.9 cm³/mol. The van der Waals surface area contributed by atoms with Crippen molar-refractivity contribution < 1.29 is 19.1 Å². The normalized spacial score (nSPS) is 21.5. The Morgan fingerprint density at radius 3 is 2.70 bits per heavy atom. The van der Waals surface area contributed by atoms with Crippen molar-refractivity contribution in [1.29, 1.82) is 0 Å². The molecule has 1 aromatic heterocycles. The quantitative estimate of drug-likeness (QED) is 0.922. The molecule has 1 aliphatic rings. The number of phenols is 1. The fraction of sp³-hybridized carbons (Fsp3) is 0.316. The fourth-order valence-corrected chi connectivity index (χ4v) is 3.09. The average Bonchev–Trinajstić information content (AvgIpc) is 2.97. The van der Waals surface area contributed by atoms with Crippen LogP contribution in [0, 0.1) is 5.92 Å². The lowest BCUT2D eigenvalue weighted by Gasteiger charge is -2.26. The van der Waals surface area contributed by atoms with Crippen LogP contribution in [0.1, 0.15) is 37.2 Å². The minimum atomic E-state index is -0.281. The van der Waals surface area contributed by atoms with Crippen molar-refractivity contribution in [3.63, 3.8) is 0 Å². The Bertz CT molecular complexity index is 683. The van der Waals surface area contributed by atoms with Gasteiger partial charge in [0.1, 0.15) is 23.4 Å². The molecular formula is C19H20O4. The van der Waals surface area contributed by atoms with E-state index in [2.05, 4.69) is 6.08 Å². The van der Waals surface area contributed by atoms with Gasteiger partial charge in [0.25, 0.3) is 0 Å². The Morgan fingerprint density at radius 1 is 1.26 bits per heavy atom. The Hall–Kier alpha value is -2.33. The zero-order chi connectivity index (χ0) is 16.2. The number of benzene rings is 1. The van der Waals surface area contributed by atoms with Gasteiger partial charge in [-0.25, -0.2) is 0 Å². The number of hydrogen-bond acceptors (Lipinski definition) is 4. The van der Waals surface area contributed by atoms with Crippen LogP contribution in [0.4, 0.5) is 0 Å². The fourth-order valence-electron chi connectivity index (χ4n) is 3.09. The van der Waals surface area contributed by atoms with E-state index in [4.69, 9.17) is 9.15 Å². The van der Waals surface area contributed by atoms with Crippen LogP contribution >= 0.6 is 0 Å². The van der Waals surface area contributed by atoms with Crippen LogP contribution in [0.15, 0.2) is 53.2 Å². The monoisotopic (exact) mass is 312 g/mol. The number of carbonyl (C=O) groups excluding carboxylic acids is 1. The maximum absolute atomic E-state index is 11.8. The summed E-state index contributed by atoms with van der Waals surface area (Å²) in [5.41, 5.74) is 2.07. The molecule has 0 saturated carbocycles. The van der Waals surface area contributed by atoms with Gasteiger partial charge in [0.05, 0.1) is 12.9 Å². The number of ether oxygens (including phenoxy) is 1. The van der Waals surface area contributed by atoms with Crippen molar-refractivity contribution in [2.75, 3.05) is 6.61 Å². The molecule has 0 spiro atoms. The molecular weight excluding hydrogens is 292 g/mol. The maximum Gasteiger partial charge on any atom is 0.133 e. The van der Waals surface area contributed by atoms with E-state index in [9.17, 15) is 9.90 Å². The molecule has 0 amide bonds. The molecule has 0 bridgehead atoms. The van der Waals surface area contributed by atoms with Crippen molar-refractivity contribution in [3.8, 4) is 5.75 Å². The Morgan fingerprint density at radius 2 is 2.04 bits per heavy atom. The molecule has 1 aliphatic heterocycles. The molecule has 1 N–H and O–H groups in total.